The summed E-state index contributed by atoms with van der Waals surface area (Å²) >= 11 is 0. The predicted molar refractivity (Wildman–Crippen MR) is 321 cm³/mol. The van der Waals surface area contributed by atoms with Gasteiger partial charge in [-0.05, 0) is 141 Å². The number of rotatable bonds is 10. The Bertz CT molecular complexity index is 4180. The maximum absolute atomic E-state index is 2.49. The molecule has 76 heavy (non-hydrogen) atoms. The molecule has 0 N–H and O–H groups in total. The van der Waals surface area contributed by atoms with Gasteiger partial charge in [-0.1, -0.05) is 273 Å². The van der Waals surface area contributed by atoms with Gasteiger partial charge in [0.25, 0.3) is 0 Å². The largest absolute Gasteiger partial charge is 0.310 e. The molecule has 356 valence electrons. The zero-order valence-electron chi connectivity index (χ0n) is 41.9. The van der Waals surface area contributed by atoms with Crippen LogP contribution in [0.1, 0.15) is 22.3 Å². The minimum absolute atomic E-state index is 0.559. The molecule has 13 aromatic carbocycles. The van der Waals surface area contributed by atoms with Crippen molar-refractivity contribution in [2.75, 3.05) is 4.90 Å². The third-order valence-electron chi connectivity index (χ3n) is 15.8. The lowest BCUT2D eigenvalue weighted by Gasteiger charge is -2.35. The fraction of sp³-hybridized carbons (Fsp3) is 0.0133. The van der Waals surface area contributed by atoms with Gasteiger partial charge in [0.1, 0.15) is 0 Å². The van der Waals surface area contributed by atoms with Crippen LogP contribution in [0.3, 0.4) is 0 Å². The summed E-state index contributed by atoms with van der Waals surface area (Å²) in [6.07, 6.45) is 0. The molecule has 0 atom stereocenters. The Kier molecular flexibility index (Phi) is 11.2. The van der Waals surface area contributed by atoms with E-state index in [0.29, 0.717) is 0 Å². The van der Waals surface area contributed by atoms with Crippen molar-refractivity contribution in [3.05, 3.63) is 332 Å². The summed E-state index contributed by atoms with van der Waals surface area (Å²) in [4.78, 5) is 2.49. The average Bonchev–Trinajstić information content (AvgIpc) is 3.99. The molecule has 14 rings (SSSR count). The van der Waals surface area contributed by atoms with E-state index in [4.69, 9.17) is 0 Å². The highest BCUT2D eigenvalue weighted by molar-refractivity contribution is 6.22. The van der Waals surface area contributed by atoms with Gasteiger partial charge >= 0.3 is 0 Å². The molecule has 0 aromatic heterocycles. The molecule has 0 aliphatic heterocycles. The van der Waals surface area contributed by atoms with Crippen molar-refractivity contribution in [3.63, 3.8) is 0 Å². The minimum Gasteiger partial charge on any atom is -0.310 e. The summed E-state index contributed by atoms with van der Waals surface area (Å²) in [7, 11) is 0. The topological polar surface area (TPSA) is 3.24 Å². The van der Waals surface area contributed by atoms with E-state index >= 15 is 0 Å². The Morgan fingerprint density at radius 1 is 0.224 bits per heavy atom. The number of benzene rings is 13. The molecular formula is C75H51N. The van der Waals surface area contributed by atoms with Gasteiger partial charge < -0.3 is 4.90 Å². The van der Waals surface area contributed by atoms with Crippen LogP contribution in [-0.4, -0.2) is 0 Å². The van der Waals surface area contributed by atoms with Crippen LogP contribution >= 0.6 is 0 Å². The minimum atomic E-state index is -0.559. The second kappa shape index (κ2) is 18.9. The standard InChI is InChI=1S/C75H51N/c1-6-22-52(23-7-1)53-38-40-54(41-39-53)55-42-45-61(46-43-55)76(62-47-49-67-66-34-18-20-36-70(66)75(71(67)51-62,59-28-12-4-13-29-59)60-30-14-5-15-31-60)72-37-21-19-32-63(72)58-44-48-65-64-33-16-17-35-68(64)73(56-24-8-2-9-25-56)74(69(65)50-58)57-26-10-3-11-27-57/h1-51H. The third-order valence-corrected chi connectivity index (χ3v) is 15.8. The maximum Gasteiger partial charge on any atom is 0.0714 e. The van der Waals surface area contributed by atoms with Crippen molar-refractivity contribution in [1.29, 1.82) is 0 Å². The highest BCUT2D eigenvalue weighted by Gasteiger charge is 2.46. The van der Waals surface area contributed by atoms with Crippen molar-refractivity contribution in [2.24, 2.45) is 0 Å². The van der Waals surface area contributed by atoms with Crippen LogP contribution in [-0.2, 0) is 5.41 Å². The van der Waals surface area contributed by atoms with E-state index in [0.717, 1.165) is 33.8 Å². The molecule has 0 bridgehead atoms. The molecule has 0 amide bonds. The average molecular weight is 966 g/mol. The van der Waals surface area contributed by atoms with E-state index in [1.165, 1.54) is 93.9 Å². The van der Waals surface area contributed by atoms with Crippen LogP contribution < -0.4 is 4.90 Å². The van der Waals surface area contributed by atoms with Gasteiger partial charge in [-0.25, -0.2) is 0 Å². The highest BCUT2D eigenvalue weighted by atomic mass is 15.1. The molecule has 0 saturated heterocycles. The number of hydrogen-bond donors (Lipinski definition) is 0. The second-order valence-electron chi connectivity index (χ2n) is 19.9. The lowest BCUT2D eigenvalue weighted by molar-refractivity contribution is 0.768. The van der Waals surface area contributed by atoms with Gasteiger partial charge in [0, 0.05) is 16.9 Å². The van der Waals surface area contributed by atoms with Gasteiger partial charge in [0.2, 0.25) is 0 Å². The molecular weight excluding hydrogens is 915 g/mol. The lowest BCUT2D eigenvalue weighted by Crippen LogP contribution is -2.28. The van der Waals surface area contributed by atoms with E-state index in [1.54, 1.807) is 0 Å². The van der Waals surface area contributed by atoms with E-state index < -0.39 is 5.41 Å². The summed E-state index contributed by atoms with van der Waals surface area (Å²) in [6, 6.07) is 114. The summed E-state index contributed by atoms with van der Waals surface area (Å²) in [5.41, 5.74) is 22.2. The van der Waals surface area contributed by atoms with Crippen molar-refractivity contribution >= 4 is 38.6 Å². The Balaban J connectivity index is 0.995. The molecule has 0 radical (unpaired) electrons. The second-order valence-corrected chi connectivity index (χ2v) is 19.9. The van der Waals surface area contributed by atoms with E-state index in [-0.39, 0.29) is 0 Å². The highest BCUT2D eigenvalue weighted by Crippen LogP contribution is 2.58. The molecule has 1 nitrogen and oxygen atoms in total. The van der Waals surface area contributed by atoms with Gasteiger partial charge in [0.05, 0.1) is 11.1 Å². The zero-order valence-corrected chi connectivity index (χ0v) is 41.9. The summed E-state index contributed by atoms with van der Waals surface area (Å²) in [5.74, 6) is 0. The fourth-order valence-electron chi connectivity index (χ4n) is 12.4. The first-order valence-corrected chi connectivity index (χ1v) is 26.3. The Morgan fingerprint density at radius 2 is 0.632 bits per heavy atom. The van der Waals surface area contributed by atoms with Crippen molar-refractivity contribution in [3.8, 4) is 66.8 Å². The fourth-order valence-corrected chi connectivity index (χ4v) is 12.4. The number of hydrogen-bond acceptors (Lipinski definition) is 1. The number of anilines is 3. The predicted octanol–water partition coefficient (Wildman–Crippen LogP) is 20.2. The first kappa shape index (κ1) is 44.8. The van der Waals surface area contributed by atoms with Crippen LogP contribution in [0.5, 0.6) is 0 Å². The summed E-state index contributed by atoms with van der Waals surface area (Å²) in [5, 5.41) is 4.94. The molecule has 0 saturated carbocycles. The molecule has 1 aliphatic carbocycles. The van der Waals surface area contributed by atoms with Crippen molar-refractivity contribution < 1.29 is 0 Å². The first-order chi connectivity index (χ1) is 37.7. The third kappa shape index (κ3) is 7.47. The van der Waals surface area contributed by atoms with Crippen LogP contribution in [0.15, 0.2) is 309 Å². The van der Waals surface area contributed by atoms with E-state index in [1.807, 2.05) is 0 Å². The molecule has 1 aliphatic rings. The van der Waals surface area contributed by atoms with Gasteiger partial charge in [-0.15, -0.1) is 0 Å². The van der Waals surface area contributed by atoms with Crippen LogP contribution in [0, 0.1) is 0 Å². The van der Waals surface area contributed by atoms with Gasteiger partial charge in [0.15, 0.2) is 0 Å². The van der Waals surface area contributed by atoms with Gasteiger partial charge in [-0.3, -0.25) is 0 Å². The normalized spacial score (nSPS) is 12.3. The lowest BCUT2D eigenvalue weighted by atomic mass is 9.67. The van der Waals surface area contributed by atoms with E-state index in [2.05, 4.69) is 314 Å². The Morgan fingerprint density at radius 3 is 1.24 bits per heavy atom. The quantitative estimate of drug-likeness (QED) is 0.123. The number of fused-ring (bicyclic) bond motifs is 6. The molecule has 1 heteroatoms. The molecule has 0 heterocycles. The van der Waals surface area contributed by atoms with Crippen molar-refractivity contribution in [1.82, 2.24) is 0 Å². The Labute approximate surface area is 444 Å². The Hall–Kier alpha value is -9.82. The first-order valence-electron chi connectivity index (χ1n) is 26.3. The summed E-state index contributed by atoms with van der Waals surface area (Å²) in [6.45, 7) is 0. The van der Waals surface area contributed by atoms with Crippen LogP contribution in [0.4, 0.5) is 17.1 Å². The van der Waals surface area contributed by atoms with Crippen molar-refractivity contribution in [2.45, 2.75) is 5.41 Å². The molecule has 0 spiro atoms. The number of para-hydroxylation sites is 1. The molecule has 13 aromatic rings. The van der Waals surface area contributed by atoms with Crippen LogP contribution in [0.2, 0.25) is 0 Å². The zero-order chi connectivity index (χ0) is 50.4. The van der Waals surface area contributed by atoms with Crippen LogP contribution in [0.25, 0.3) is 88.3 Å². The maximum atomic E-state index is 2.49. The monoisotopic (exact) mass is 965 g/mol. The smallest absolute Gasteiger partial charge is 0.0714 e. The summed E-state index contributed by atoms with van der Waals surface area (Å²) < 4.78 is 0. The number of nitrogens with zero attached hydrogens (tertiary/aromatic N) is 1. The SMILES string of the molecule is c1ccc(-c2ccc(-c3ccc(N(c4ccc5c(c4)C(c4ccccc4)(c4ccccc4)c4ccccc4-5)c4ccccc4-c4ccc5c(c4)c(-c4ccccc4)c(-c4ccccc4)c4ccccc45)cc3)cc2)cc1. The molecule has 0 fully saturated rings. The molecule has 0 unspecified atom stereocenters. The van der Waals surface area contributed by atoms with E-state index in [9.17, 15) is 0 Å². The van der Waals surface area contributed by atoms with Gasteiger partial charge in [-0.2, -0.15) is 0 Å².